The maximum Gasteiger partial charge on any atom is 0.325 e. The molecule has 0 fully saturated rings. The van der Waals surface area contributed by atoms with Crippen LogP contribution >= 0.6 is 0 Å². The molecule has 67 heavy (non-hydrogen) atoms. The standard InChI is InChI=1S/C27H26FNO5.C27H24FNO3.CH4/c1-2-33-27(32)16-29-15-20(13-22(31)17-30)25-14-19(5-12-26(25)29)18-3-8-23(9-4-18)34-24-10-6-21(28)7-11-24;1-3-5-21-17-29(18-27(30)31-4-2)26-15-8-20(16-25(21)26)19-6-11-23(12-7-19)32-24-13-9-22(28)10-14-24;/h3-12,14-15,22,30-31H,2,13,16-17H2,1H3;3,6-17H,1,4-5,18H2,2H3;1H4/t22-;;/m0../s1. The maximum atomic E-state index is 13.1. The second-order valence-electron chi connectivity index (χ2n) is 15.3. The Labute approximate surface area is 388 Å². The van der Waals surface area contributed by atoms with Crippen LogP contribution in [-0.2, 0) is 45.0 Å². The highest BCUT2D eigenvalue weighted by atomic mass is 19.1. The van der Waals surface area contributed by atoms with Gasteiger partial charge in [0, 0.05) is 40.6 Å². The van der Waals surface area contributed by atoms with Gasteiger partial charge in [0.05, 0.1) is 25.9 Å². The van der Waals surface area contributed by atoms with Gasteiger partial charge in [-0.2, -0.15) is 0 Å². The van der Waals surface area contributed by atoms with Crippen LogP contribution < -0.4 is 9.47 Å². The SMILES string of the molecule is C.C=CCc1cn(CC(=O)OCC)c2ccc(-c3ccc(Oc4ccc(F)cc4)cc3)cc12.CCOC(=O)Cn1cc(C[C@H](O)CO)c2cc(-c3ccc(Oc4ccc(F)cc4)cc3)ccc21. The fourth-order valence-electron chi connectivity index (χ4n) is 7.56. The quantitative estimate of drug-likeness (QED) is 0.0684. The number of ether oxygens (including phenoxy) is 4. The molecule has 0 bridgehead atoms. The van der Waals surface area contributed by atoms with Crippen LogP contribution in [-0.4, -0.2) is 57.2 Å². The summed E-state index contributed by atoms with van der Waals surface area (Å²) in [6, 6.07) is 39.1. The molecule has 0 aliphatic carbocycles. The lowest BCUT2D eigenvalue weighted by atomic mass is 10.0. The molecule has 6 aromatic carbocycles. The van der Waals surface area contributed by atoms with Crippen molar-refractivity contribution in [2.45, 2.75) is 53.3 Å². The van der Waals surface area contributed by atoms with Gasteiger partial charge in [0.2, 0.25) is 0 Å². The first-order valence-electron chi connectivity index (χ1n) is 21.6. The van der Waals surface area contributed by atoms with E-state index in [9.17, 15) is 28.6 Å². The highest BCUT2D eigenvalue weighted by molar-refractivity contribution is 5.91. The summed E-state index contributed by atoms with van der Waals surface area (Å²) >= 11 is 0. The molecule has 8 rings (SSSR count). The number of aliphatic hydroxyl groups excluding tert-OH is 2. The molecule has 1 atom stereocenters. The van der Waals surface area contributed by atoms with E-state index in [1.165, 1.54) is 24.3 Å². The van der Waals surface area contributed by atoms with Crippen molar-refractivity contribution in [2.24, 2.45) is 0 Å². The molecule has 12 heteroatoms. The van der Waals surface area contributed by atoms with Gasteiger partial charge in [0.1, 0.15) is 47.7 Å². The number of fused-ring (bicyclic) bond motifs is 2. The molecule has 2 heterocycles. The van der Waals surface area contributed by atoms with E-state index in [2.05, 4.69) is 12.6 Å². The number of carbonyl (C=O) groups excluding carboxylic acids is 2. The van der Waals surface area contributed by atoms with Gasteiger partial charge in [-0.05, 0) is 151 Å². The maximum absolute atomic E-state index is 13.1. The summed E-state index contributed by atoms with van der Waals surface area (Å²) in [5.41, 5.74) is 7.78. The number of allylic oxidation sites excluding steroid dienone is 1. The third-order valence-electron chi connectivity index (χ3n) is 10.6. The number of carbonyl (C=O) groups is 2. The molecule has 8 aromatic rings. The Morgan fingerprint density at radius 1 is 0.597 bits per heavy atom. The molecule has 2 N–H and O–H groups in total. The Kier molecular flexibility index (Phi) is 16.8. The summed E-state index contributed by atoms with van der Waals surface area (Å²) in [6.07, 6.45) is 5.75. The van der Waals surface area contributed by atoms with Gasteiger partial charge in [0.15, 0.2) is 0 Å². The topological polar surface area (TPSA) is 121 Å². The summed E-state index contributed by atoms with van der Waals surface area (Å²) in [7, 11) is 0. The van der Waals surface area contributed by atoms with Crippen molar-refractivity contribution in [3.63, 3.8) is 0 Å². The van der Waals surface area contributed by atoms with E-state index in [1.807, 2.05) is 102 Å². The molecular formula is C55H54F2N2O8. The van der Waals surface area contributed by atoms with Gasteiger partial charge in [-0.25, -0.2) is 8.78 Å². The third-order valence-corrected chi connectivity index (χ3v) is 10.6. The van der Waals surface area contributed by atoms with Crippen LogP contribution in [0.15, 0.2) is 159 Å². The van der Waals surface area contributed by atoms with E-state index in [1.54, 1.807) is 42.7 Å². The number of esters is 2. The largest absolute Gasteiger partial charge is 0.465 e. The lowest BCUT2D eigenvalue weighted by Gasteiger charge is -2.09. The molecule has 346 valence electrons. The lowest BCUT2D eigenvalue weighted by Crippen LogP contribution is -2.15. The van der Waals surface area contributed by atoms with Gasteiger partial charge < -0.3 is 38.3 Å². The Balaban J connectivity index is 0.000000218. The van der Waals surface area contributed by atoms with Crippen LogP contribution in [0.5, 0.6) is 23.0 Å². The molecule has 0 aliphatic heterocycles. The molecule has 0 radical (unpaired) electrons. The van der Waals surface area contributed by atoms with E-state index < -0.39 is 6.10 Å². The highest BCUT2D eigenvalue weighted by Gasteiger charge is 2.17. The summed E-state index contributed by atoms with van der Waals surface area (Å²) < 4.78 is 51.6. The molecule has 2 aromatic heterocycles. The second kappa shape index (κ2) is 23.1. The minimum atomic E-state index is -0.895. The first-order valence-corrected chi connectivity index (χ1v) is 21.6. The number of benzene rings is 6. The van der Waals surface area contributed by atoms with E-state index in [-0.39, 0.29) is 57.1 Å². The van der Waals surface area contributed by atoms with Gasteiger partial charge in [-0.15, -0.1) is 6.58 Å². The number of halogens is 2. The molecular weight excluding hydrogens is 855 g/mol. The van der Waals surface area contributed by atoms with E-state index in [4.69, 9.17) is 18.9 Å². The number of hydrogen-bond donors (Lipinski definition) is 2. The molecule has 0 aliphatic rings. The fourth-order valence-corrected chi connectivity index (χ4v) is 7.56. The van der Waals surface area contributed by atoms with Crippen molar-refractivity contribution >= 4 is 33.7 Å². The average molecular weight is 909 g/mol. The van der Waals surface area contributed by atoms with Gasteiger partial charge in [-0.3, -0.25) is 9.59 Å². The van der Waals surface area contributed by atoms with Crippen LogP contribution in [0.2, 0.25) is 0 Å². The summed E-state index contributed by atoms with van der Waals surface area (Å²) in [5, 5.41) is 21.3. The van der Waals surface area contributed by atoms with Crippen LogP contribution in [0, 0.1) is 11.6 Å². The molecule has 0 spiro atoms. The normalized spacial score (nSPS) is 11.3. The predicted octanol–water partition coefficient (Wildman–Crippen LogP) is 11.9. The lowest BCUT2D eigenvalue weighted by molar-refractivity contribution is -0.144. The molecule has 0 saturated carbocycles. The minimum Gasteiger partial charge on any atom is -0.465 e. The molecule has 0 amide bonds. The Bertz CT molecular complexity index is 2910. The third kappa shape index (κ3) is 12.6. The van der Waals surface area contributed by atoms with E-state index in [0.29, 0.717) is 42.6 Å². The molecule has 0 saturated heterocycles. The number of rotatable bonds is 17. The zero-order valence-electron chi connectivity index (χ0n) is 36.7. The summed E-state index contributed by atoms with van der Waals surface area (Å²) in [6.45, 7) is 7.98. The Morgan fingerprint density at radius 2 is 0.970 bits per heavy atom. The second-order valence-corrected chi connectivity index (χ2v) is 15.3. The number of aromatic nitrogens is 2. The zero-order valence-corrected chi connectivity index (χ0v) is 36.7. The summed E-state index contributed by atoms with van der Waals surface area (Å²) in [4.78, 5) is 24.0. The van der Waals surface area contributed by atoms with Crippen LogP contribution in [0.25, 0.3) is 44.1 Å². The monoisotopic (exact) mass is 908 g/mol. The van der Waals surface area contributed by atoms with Crippen molar-refractivity contribution in [2.75, 3.05) is 19.8 Å². The molecule has 0 unspecified atom stereocenters. The van der Waals surface area contributed by atoms with Crippen molar-refractivity contribution in [3.8, 4) is 45.3 Å². The Morgan fingerprint density at radius 3 is 1.36 bits per heavy atom. The zero-order chi connectivity index (χ0) is 46.6. The van der Waals surface area contributed by atoms with Gasteiger partial charge in [0.25, 0.3) is 0 Å². The van der Waals surface area contributed by atoms with E-state index >= 15 is 0 Å². The van der Waals surface area contributed by atoms with Crippen molar-refractivity contribution in [1.29, 1.82) is 0 Å². The smallest absolute Gasteiger partial charge is 0.325 e. The fraction of sp³-hybridized carbons (Fsp3) is 0.200. The average Bonchev–Trinajstić information content (AvgIpc) is 3.83. The van der Waals surface area contributed by atoms with Gasteiger partial charge >= 0.3 is 11.9 Å². The minimum absolute atomic E-state index is 0. The number of aliphatic hydroxyl groups is 2. The number of nitrogens with zero attached hydrogens (tertiary/aromatic N) is 2. The van der Waals surface area contributed by atoms with Crippen molar-refractivity contribution in [3.05, 3.63) is 181 Å². The first kappa shape index (κ1) is 48.9. The highest BCUT2D eigenvalue weighted by Crippen LogP contribution is 2.33. The summed E-state index contributed by atoms with van der Waals surface area (Å²) in [5.74, 6) is 1.22. The predicted molar refractivity (Wildman–Crippen MR) is 258 cm³/mol. The van der Waals surface area contributed by atoms with Crippen LogP contribution in [0.4, 0.5) is 8.78 Å². The van der Waals surface area contributed by atoms with Gasteiger partial charge in [-0.1, -0.05) is 49.9 Å². The first-order chi connectivity index (χ1) is 32.0. The van der Waals surface area contributed by atoms with Crippen molar-refractivity contribution in [1.82, 2.24) is 9.13 Å². The molecule has 10 nitrogen and oxygen atoms in total. The van der Waals surface area contributed by atoms with Crippen LogP contribution in [0.1, 0.15) is 32.4 Å². The van der Waals surface area contributed by atoms with E-state index in [0.717, 1.165) is 55.2 Å². The van der Waals surface area contributed by atoms with Crippen LogP contribution in [0.3, 0.4) is 0 Å². The van der Waals surface area contributed by atoms with Crippen molar-refractivity contribution < 1.29 is 47.5 Å². The number of hydrogen-bond acceptors (Lipinski definition) is 8. The Hall–Kier alpha value is -7.54.